The fourth-order valence-electron chi connectivity index (χ4n) is 10.1. The number of benzene rings is 10. The molecular weight excluding hydrogens is 777 g/mol. The Kier molecular flexibility index (Phi) is 8.84. The maximum atomic E-state index is 7.11. The molecule has 2 aliphatic rings. The molecule has 0 spiro atoms. The van der Waals surface area contributed by atoms with E-state index in [1.807, 2.05) is 0 Å². The molecule has 0 saturated heterocycles. The van der Waals surface area contributed by atoms with Gasteiger partial charge in [-0.05, 0) is 129 Å². The van der Waals surface area contributed by atoms with Gasteiger partial charge in [-0.15, -0.1) is 0 Å². The second kappa shape index (κ2) is 15.0. The lowest BCUT2D eigenvalue weighted by atomic mass is 9.82. The number of para-hydroxylation sites is 2. The van der Waals surface area contributed by atoms with Crippen LogP contribution < -0.4 is 14.5 Å². The highest BCUT2D eigenvalue weighted by molar-refractivity contribution is 6.08. The van der Waals surface area contributed by atoms with Gasteiger partial charge in [0.1, 0.15) is 11.5 Å². The van der Waals surface area contributed by atoms with Gasteiger partial charge in [0.15, 0.2) is 0 Å². The topological polar surface area (TPSA) is 15.7 Å². The molecule has 3 heteroatoms. The zero-order valence-electron chi connectivity index (χ0n) is 35.7. The van der Waals surface area contributed by atoms with Gasteiger partial charge in [0, 0.05) is 62.1 Å². The van der Waals surface area contributed by atoms with Crippen molar-refractivity contribution in [2.24, 2.45) is 0 Å². The Morgan fingerprint density at radius 2 is 0.828 bits per heavy atom. The summed E-state index contributed by atoms with van der Waals surface area (Å²) in [5.41, 5.74) is 18.6. The summed E-state index contributed by atoms with van der Waals surface area (Å²) in [6.07, 6.45) is 0. The first-order valence-electron chi connectivity index (χ1n) is 22.1. The monoisotopic (exact) mass is 820 g/mol. The molecule has 12 rings (SSSR count). The van der Waals surface area contributed by atoms with Crippen LogP contribution in [-0.4, -0.2) is 0 Å². The summed E-state index contributed by atoms with van der Waals surface area (Å²) in [6.45, 7) is 4.68. The normalized spacial score (nSPS) is 12.8. The average Bonchev–Trinajstić information content (AvgIpc) is 3.58. The highest BCUT2D eigenvalue weighted by Gasteiger charge is 2.35. The van der Waals surface area contributed by atoms with E-state index in [1.165, 1.54) is 38.9 Å². The van der Waals surface area contributed by atoms with Crippen LogP contribution >= 0.6 is 0 Å². The lowest BCUT2D eigenvalue weighted by Crippen LogP contribution is -2.15. The summed E-state index contributed by atoms with van der Waals surface area (Å²) in [6, 6.07) is 83.0. The summed E-state index contributed by atoms with van der Waals surface area (Å²) in [5.74, 6) is 1.72. The van der Waals surface area contributed by atoms with E-state index in [0.29, 0.717) is 0 Å². The van der Waals surface area contributed by atoms with Crippen LogP contribution in [0.1, 0.15) is 25.0 Å². The van der Waals surface area contributed by atoms with Gasteiger partial charge < -0.3 is 14.5 Å². The fraction of sp³-hybridized carbons (Fsp3) is 0.0492. The summed E-state index contributed by atoms with van der Waals surface area (Å²) in [7, 11) is 0. The molecule has 1 aliphatic heterocycles. The van der Waals surface area contributed by atoms with E-state index in [1.54, 1.807) is 0 Å². The molecule has 1 aliphatic carbocycles. The number of fused-ring (bicyclic) bond motifs is 5. The third-order valence-corrected chi connectivity index (χ3v) is 13.2. The standard InChI is InChI=1S/C61H44N2O/c1-61(2)56-24-13-12-22-52(56)55-39-49(35-38-57(55)61)63(47-30-25-42(26-31-47)41-15-6-3-7-16-41)48-32-27-43(28-33-48)51-36-29-44-17-14-23-54-53-37-34-50(40-58(53)64-60(51)59(44)54)62(45-18-8-4-9-19-45)46-20-10-5-11-21-46/h3-40H,1-2H3. The van der Waals surface area contributed by atoms with E-state index in [9.17, 15) is 0 Å². The Bertz CT molecular complexity index is 3320. The van der Waals surface area contributed by atoms with Crippen molar-refractivity contribution < 1.29 is 4.74 Å². The lowest BCUT2D eigenvalue weighted by Gasteiger charge is -2.29. The highest BCUT2D eigenvalue weighted by Crippen LogP contribution is 2.53. The second-order valence-corrected chi connectivity index (χ2v) is 17.3. The highest BCUT2D eigenvalue weighted by atomic mass is 16.5. The summed E-state index contributed by atoms with van der Waals surface area (Å²) >= 11 is 0. The third kappa shape index (κ3) is 6.20. The van der Waals surface area contributed by atoms with Gasteiger partial charge in [0.05, 0.1) is 0 Å². The van der Waals surface area contributed by atoms with Crippen molar-refractivity contribution in [3.8, 4) is 56.0 Å². The van der Waals surface area contributed by atoms with Crippen molar-refractivity contribution in [2.75, 3.05) is 9.80 Å². The first-order chi connectivity index (χ1) is 31.5. The minimum atomic E-state index is -0.0679. The molecule has 0 bridgehead atoms. The van der Waals surface area contributed by atoms with Crippen molar-refractivity contribution in [1.29, 1.82) is 0 Å². The zero-order chi connectivity index (χ0) is 42.8. The van der Waals surface area contributed by atoms with Crippen molar-refractivity contribution >= 4 is 44.9 Å². The maximum Gasteiger partial charge on any atom is 0.143 e. The van der Waals surface area contributed by atoms with E-state index < -0.39 is 0 Å². The van der Waals surface area contributed by atoms with E-state index in [-0.39, 0.29) is 5.41 Å². The molecular formula is C61H44N2O. The lowest BCUT2D eigenvalue weighted by molar-refractivity contribution is 0.489. The molecule has 0 atom stereocenters. The minimum absolute atomic E-state index is 0.0679. The zero-order valence-corrected chi connectivity index (χ0v) is 35.7. The number of hydrogen-bond acceptors (Lipinski definition) is 3. The van der Waals surface area contributed by atoms with E-state index in [0.717, 1.165) is 73.1 Å². The predicted molar refractivity (Wildman–Crippen MR) is 267 cm³/mol. The quantitative estimate of drug-likeness (QED) is 0.152. The average molecular weight is 821 g/mol. The molecule has 0 aromatic heterocycles. The molecule has 64 heavy (non-hydrogen) atoms. The molecule has 1 heterocycles. The molecule has 10 aromatic rings. The van der Waals surface area contributed by atoms with Gasteiger partial charge in [-0.25, -0.2) is 0 Å². The minimum Gasteiger partial charge on any atom is -0.455 e. The Morgan fingerprint density at radius 3 is 1.52 bits per heavy atom. The Labute approximate surface area is 374 Å². The first kappa shape index (κ1) is 37.6. The van der Waals surface area contributed by atoms with Crippen molar-refractivity contribution in [1.82, 2.24) is 0 Å². The molecule has 0 unspecified atom stereocenters. The smallest absolute Gasteiger partial charge is 0.143 e. The largest absolute Gasteiger partial charge is 0.455 e. The van der Waals surface area contributed by atoms with Crippen LogP contribution in [0.15, 0.2) is 231 Å². The van der Waals surface area contributed by atoms with Crippen molar-refractivity contribution in [3.05, 3.63) is 242 Å². The predicted octanol–water partition coefficient (Wildman–Crippen LogP) is 17.2. The van der Waals surface area contributed by atoms with Gasteiger partial charge >= 0.3 is 0 Å². The Morgan fingerprint density at radius 1 is 0.328 bits per heavy atom. The van der Waals surface area contributed by atoms with Crippen LogP contribution in [-0.2, 0) is 5.41 Å². The van der Waals surface area contributed by atoms with Gasteiger partial charge in [0.25, 0.3) is 0 Å². The van der Waals surface area contributed by atoms with Crippen LogP contribution in [0.3, 0.4) is 0 Å². The molecule has 0 saturated carbocycles. The molecule has 304 valence electrons. The SMILES string of the molecule is CC1(C)c2ccccc2-c2cc(N(c3ccc(-c4ccccc4)cc3)c3ccc(-c4ccc5cccc6c5c4Oc4cc(N(c5ccccc5)c5ccccc5)ccc4-6)cc3)ccc21. The van der Waals surface area contributed by atoms with Crippen molar-refractivity contribution in [3.63, 3.8) is 0 Å². The van der Waals surface area contributed by atoms with E-state index in [2.05, 4.69) is 254 Å². The molecule has 0 amide bonds. The van der Waals surface area contributed by atoms with Crippen molar-refractivity contribution in [2.45, 2.75) is 19.3 Å². The number of hydrogen-bond donors (Lipinski definition) is 0. The number of rotatable bonds is 8. The molecule has 0 fully saturated rings. The molecule has 10 aromatic carbocycles. The van der Waals surface area contributed by atoms with Gasteiger partial charge in [-0.1, -0.05) is 159 Å². The Balaban J connectivity index is 0.952. The van der Waals surface area contributed by atoms with Crippen LogP contribution in [0.4, 0.5) is 34.1 Å². The Hall–Kier alpha value is -8.14. The van der Waals surface area contributed by atoms with E-state index >= 15 is 0 Å². The molecule has 0 radical (unpaired) electrons. The van der Waals surface area contributed by atoms with Gasteiger partial charge in [-0.3, -0.25) is 0 Å². The number of ether oxygens (including phenoxy) is 1. The maximum absolute atomic E-state index is 7.11. The fourth-order valence-corrected chi connectivity index (χ4v) is 10.1. The number of nitrogens with zero attached hydrogens (tertiary/aromatic N) is 2. The van der Waals surface area contributed by atoms with Gasteiger partial charge in [0.2, 0.25) is 0 Å². The number of anilines is 6. The summed E-state index contributed by atoms with van der Waals surface area (Å²) < 4.78 is 7.11. The second-order valence-electron chi connectivity index (χ2n) is 17.3. The summed E-state index contributed by atoms with van der Waals surface area (Å²) in [5, 5.41) is 2.29. The summed E-state index contributed by atoms with van der Waals surface area (Å²) in [4.78, 5) is 4.67. The molecule has 3 nitrogen and oxygen atoms in total. The third-order valence-electron chi connectivity index (χ3n) is 13.2. The van der Waals surface area contributed by atoms with Crippen LogP contribution in [0, 0.1) is 0 Å². The van der Waals surface area contributed by atoms with Crippen LogP contribution in [0.5, 0.6) is 11.5 Å². The first-order valence-corrected chi connectivity index (χ1v) is 22.1. The van der Waals surface area contributed by atoms with E-state index in [4.69, 9.17) is 4.74 Å². The van der Waals surface area contributed by atoms with Crippen LogP contribution in [0.2, 0.25) is 0 Å². The van der Waals surface area contributed by atoms with Gasteiger partial charge in [-0.2, -0.15) is 0 Å². The van der Waals surface area contributed by atoms with Crippen LogP contribution in [0.25, 0.3) is 55.3 Å². The molecule has 0 N–H and O–H groups in total.